The van der Waals surface area contributed by atoms with Gasteiger partial charge in [0.15, 0.2) is 0 Å². The molecule has 1 aromatic carbocycles. The minimum Gasteiger partial charge on any atom is -0.316 e. The van der Waals surface area contributed by atoms with Crippen LogP contribution in [-0.4, -0.2) is 13.1 Å². The molecule has 1 heteroatoms. The number of likely N-dealkylation sites (N-methyl/N-ethyl adjacent to an activating group) is 1. The fourth-order valence-electron chi connectivity index (χ4n) is 1.88. The highest BCUT2D eigenvalue weighted by Crippen LogP contribution is 2.20. The molecule has 0 saturated heterocycles. The standard InChI is InChI=1S/C14H23N/c1-3-5-9-14(12-15-4-2)13-10-7-6-8-11-13/h6-8,10-11,14-15H,3-5,9,12H2,1-2H3. The molecule has 1 aromatic rings. The van der Waals surface area contributed by atoms with E-state index in [0.29, 0.717) is 5.92 Å². The summed E-state index contributed by atoms with van der Waals surface area (Å²) in [6.45, 7) is 6.60. The summed E-state index contributed by atoms with van der Waals surface area (Å²) in [4.78, 5) is 0. The quantitative estimate of drug-likeness (QED) is 0.717. The Bertz CT molecular complexity index is 235. The predicted octanol–water partition coefficient (Wildman–Crippen LogP) is 3.57. The number of hydrogen-bond donors (Lipinski definition) is 1. The summed E-state index contributed by atoms with van der Waals surface area (Å²) in [5.74, 6) is 0.686. The number of rotatable bonds is 7. The van der Waals surface area contributed by atoms with Crippen molar-refractivity contribution in [3.05, 3.63) is 35.9 Å². The summed E-state index contributed by atoms with van der Waals surface area (Å²) in [5, 5.41) is 3.46. The lowest BCUT2D eigenvalue weighted by atomic mass is 9.93. The SMILES string of the molecule is CCCCC(CNCC)c1ccccc1. The molecule has 0 bridgehead atoms. The van der Waals surface area contributed by atoms with Crippen LogP contribution in [0.1, 0.15) is 44.6 Å². The molecule has 0 radical (unpaired) electrons. The minimum atomic E-state index is 0.686. The van der Waals surface area contributed by atoms with E-state index in [1.165, 1.54) is 24.8 Å². The summed E-state index contributed by atoms with van der Waals surface area (Å²) in [5.41, 5.74) is 1.48. The van der Waals surface area contributed by atoms with Crippen LogP contribution in [0.25, 0.3) is 0 Å². The molecular weight excluding hydrogens is 182 g/mol. The fourth-order valence-corrected chi connectivity index (χ4v) is 1.88. The van der Waals surface area contributed by atoms with Crippen molar-refractivity contribution in [1.82, 2.24) is 5.32 Å². The van der Waals surface area contributed by atoms with E-state index < -0.39 is 0 Å². The number of benzene rings is 1. The molecule has 1 nitrogen and oxygen atoms in total. The Morgan fingerprint density at radius 1 is 1.13 bits per heavy atom. The third kappa shape index (κ3) is 4.48. The van der Waals surface area contributed by atoms with Crippen LogP contribution in [-0.2, 0) is 0 Å². The van der Waals surface area contributed by atoms with E-state index in [1.807, 2.05) is 0 Å². The van der Waals surface area contributed by atoms with E-state index in [1.54, 1.807) is 0 Å². The van der Waals surface area contributed by atoms with Gasteiger partial charge in [-0.3, -0.25) is 0 Å². The highest BCUT2D eigenvalue weighted by Gasteiger charge is 2.09. The highest BCUT2D eigenvalue weighted by molar-refractivity contribution is 5.19. The zero-order valence-corrected chi connectivity index (χ0v) is 10.00. The molecule has 0 spiro atoms. The van der Waals surface area contributed by atoms with E-state index in [9.17, 15) is 0 Å². The van der Waals surface area contributed by atoms with Crippen molar-refractivity contribution in [2.24, 2.45) is 0 Å². The molecule has 0 aromatic heterocycles. The third-order valence-corrected chi connectivity index (χ3v) is 2.82. The van der Waals surface area contributed by atoms with Crippen LogP contribution >= 0.6 is 0 Å². The molecule has 0 heterocycles. The topological polar surface area (TPSA) is 12.0 Å². The summed E-state index contributed by atoms with van der Waals surface area (Å²) in [6, 6.07) is 10.9. The van der Waals surface area contributed by atoms with Gasteiger partial charge < -0.3 is 5.32 Å². The van der Waals surface area contributed by atoms with Gasteiger partial charge in [-0.25, -0.2) is 0 Å². The predicted molar refractivity (Wildman–Crippen MR) is 67.3 cm³/mol. The van der Waals surface area contributed by atoms with Crippen LogP contribution in [0, 0.1) is 0 Å². The largest absolute Gasteiger partial charge is 0.316 e. The molecule has 0 saturated carbocycles. The molecular formula is C14H23N. The average Bonchev–Trinajstić information content (AvgIpc) is 2.30. The van der Waals surface area contributed by atoms with Gasteiger partial charge in [0.1, 0.15) is 0 Å². The molecule has 1 N–H and O–H groups in total. The minimum absolute atomic E-state index is 0.686. The molecule has 0 amide bonds. The Morgan fingerprint density at radius 2 is 1.87 bits per heavy atom. The van der Waals surface area contributed by atoms with Crippen LogP contribution in [0.5, 0.6) is 0 Å². The van der Waals surface area contributed by atoms with Crippen LogP contribution in [0.4, 0.5) is 0 Å². The first-order valence-electron chi connectivity index (χ1n) is 6.14. The molecule has 0 fully saturated rings. The van der Waals surface area contributed by atoms with E-state index in [-0.39, 0.29) is 0 Å². The van der Waals surface area contributed by atoms with Gasteiger partial charge in [0, 0.05) is 6.54 Å². The highest BCUT2D eigenvalue weighted by atomic mass is 14.8. The Morgan fingerprint density at radius 3 is 2.47 bits per heavy atom. The van der Waals surface area contributed by atoms with Gasteiger partial charge in [-0.2, -0.15) is 0 Å². The Balaban J connectivity index is 2.55. The van der Waals surface area contributed by atoms with Gasteiger partial charge in [0.05, 0.1) is 0 Å². The second-order valence-electron chi connectivity index (χ2n) is 4.06. The molecule has 15 heavy (non-hydrogen) atoms. The van der Waals surface area contributed by atoms with Gasteiger partial charge in [-0.05, 0) is 24.4 Å². The van der Waals surface area contributed by atoms with Gasteiger partial charge in [0.25, 0.3) is 0 Å². The average molecular weight is 205 g/mol. The van der Waals surface area contributed by atoms with Gasteiger partial charge in [0.2, 0.25) is 0 Å². The van der Waals surface area contributed by atoms with Crippen molar-refractivity contribution in [2.45, 2.75) is 39.0 Å². The maximum atomic E-state index is 3.46. The Kier molecular flexibility index (Phi) is 6.10. The molecule has 84 valence electrons. The lowest BCUT2D eigenvalue weighted by molar-refractivity contribution is 0.538. The zero-order chi connectivity index (χ0) is 10.9. The van der Waals surface area contributed by atoms with E-state index in [2.05, 4.69) is 49.5 Å². The van der Waals surface area contributed by atoms with Crippen molar-refractivity contribution in [1.29, 1.82) is 0 Å². The smallest absolute Gasteiger partial charge is 0.00200 e. The van der Waals surface area contributed by atoms with Crippen LogP contribution < -0.4 is 5.32 Å². The van der Waals surface area contributed by atoms with E-state index >= 15 is 0 Å². The lowest BCUT2D eigenvalue weighted by Gasteiger charge is -2.17. The monoisotopic (exact) mass is 205 g/mol. The van der Waals surface area contributed by atoms with Crippen molar-refractivity contribution < 1.29 is 0 Å². The maximum absolute atomic E-state index is 3.46. The Labute approximate surface area is 93.9 Å². The summed E-state index contributed by atoms with van der Waals surface area (Å²) >= 11 is 0. The fraction of sp³-hybridized carbons (Fsp3) is 0.571. The molecule has 0 aliphatic rings. The van der Waals surface area contributed by atoms with E-state index in [0.717, 1.165) is 13.1 Å². The summed E-state index contributed by atoms with van der Waals surface area (Å²) < 4.78 is 0. The van der Waals surface area contributed by atoms with Crippen LogP contribution in [0.2, 0.25) is 0 Å². The number of unbranched alkanes of at least 4 members (excludes halogenated alkanes) is 1. The maximum Gasteiger partial charge on any atom is 0.00200 e. The summed E-state index contributed by atoms with van der Waals surface area (Å²) in [6.07, 6.45) is 3.91. The first-order valence-corrected chi connectivity index (χ1v) is 6.14. The second kappa shape index (κ2) is 7.47. The van der Waals surface area contributed by atoms with Crippen molar-refractivity contribution in [3.63, 3.8) is 0 Å². The molecule has 1 unspecified atom stereocenters. The van der Waals surface area contributed by atoms with E-state index in [4.69, 9.17) is 0 Å². The molecule has 0 aliphatic carbocycles. The first kappa shape index (κ1) is 12.3. The Hall–Kier alpha value is -0.820. The molecule has 0 aliphatic heterocycles. The van der Waals surface area contributed by atoms with Crippen LogP contribution in [0.15, 0.2) is 30.3 Å². The summed E-state index contributed by atoms with van der Waals surface area (Å²) in [7, 11) is 0. The third-order valence-electron chi connectivity index (χ3n) is 2.82. The van der Waals surface area contributed by atoms with Gasteiger partial charge in [-0.15, -0.1) is 0 Å². The van der Waals surface area contributed by atoms with Crippen molar-refractivity contribution >= 4 is 0 Å². The van der Waals surface area contributed by atoms with Crippen molar-refractivity contribution in [2.75, 3.05) is 13.1 Å². The number of hydrogen-bond acceptors (Lipinski definition) is 1. The second-order valence-corrected chi connectivity index (χ2v) is 4.06. The first-order chi connectivity index (χ1) is 7.38. The normalized spacial score (nSPS) is 12.7. The number of nitrogens with one attached hydrogen (secondary N) is 1. The van der Waals surface area contributed by atoms with Crippen molar-refractivity contribution in [3.8, 4) is 0 Å². The van der Waals surface area contributed by atoms with Gasteiger partial charge >= 0.3 is 0 Å². The zero-order valence-electron chi connectivity index (χ0n) is 10.00. The lowest BCUT2D eigenvalue weighted by Crippen LogP contribution is -2.21. The molecule has 1 atom stereocenters. The van der Waals surface area contributed by atoms with Crippen LogP contribution in [0.3, 0.4) is 0 Å². The van der Waals surface area contributed by atoms with Gasteiger partial charge in [-0.1, -0.05) is 57.0 Å². The molecule has 1 rings (SSSR count).